The Hall–Kier alpha value is -0.850. The fraction of sp³-hybridized carbons (Fsp3) is 0.950. The van der Waals surface area contributed by atoms with Gasteiger partial charge in [-0.2, -0.15) is 0 Å². The Morgan fingerprint density at radius 3 is 2.31 bits per heavy atom. The number of likely N-dealkylation sites (N-methyl/N-ethyl adjacent to an activating group) is 1. The van der Waals surface area contributed by atoms with Crippen LogP contribution in [-0.2, 0) is 0 Å². The number of rotatable bonds is 11. The predicted molar refractivity (Wildman–Crippen MR) is 114 cm³/mol. The van der Waals surface area contributed by atoms with Crippen LogP contribution >= 0.6 is 0 Å². The minimum Gasteiger partial charge on any atom is -0.357 e. The van der Waals surface area contributed by atoms with Gasteiger partial charge < -0.3 is 20.4 Å². The molecule has 1 aliphatic heterocycles. The minimum atomic E-state index is 0.447. The van der Waals surface area contributed by atoms with Crippen molar-refractivity contribution in [2.45, 2.75) is 59.5 Å². The van der Waals surface area contributed by atoms with Crippen LogP contribution in [0.15, 0.2) is 4.99 Å². The van der Waals surface area contributed by atoms with E-state index in [1.807, 2.05) is 0 Å². The fourth-order valence-electron chi connectivity index (χ4n) is 3.39. The smallest absolute Gasteiger partial charge is 0.191 e. The molecule has 2 N–H and O–H groups in total. The molecule has 0 spiro atoms. The van der Waals surface area contributed by atoms with Crippen molar-refractivity contribution in [3.63, 3.8) is 0 Å². The molecule has 0 aromatic carbocycles. The predicted octanol–water partition coefficient (Wildman–Crippen LogP) is 1.69. The Morgan fingerprint density at radius 1 is 1.08 bits per heavy atom. The van der Waals surface area contributed by atoms with Gasteiger partial charge in [0.1, 0.15) is 0 Å². The number of guanidine groups is 1. The first kappa shape index (κ1) is 23.2. The van der Waals surface area contributed by atoms with Crippen LogP contribution in [0.1, 0.15) is 47.5 Å². The van der Waals surface area contributed by atoms with Crippen molar-refractivity contribution in [3.8, 4) is 0 Å². The van der Waals surface area contributed by atoms with Crippen molar-refractivity contribution in [1.29, 1.82) is 0 Å². The van der Waals surface area contributed by atoms with E-state index in [1.54, 1.807) is 0 Å². The topological polar surface area (TPSA) is 46.1 Å². The number of nitrogens with one attached hydrogen (secondary N) is 2. The molecule has 0 aromatic heterocycles. The van der Waals surface area contributed by atoms with Crippen LogP contribution in [0.5, 0.6) is 0 Å². The summed E-state index contributed by atoms with van der Waals surface area (Å²) in [7, 11) is 2.20. The first-order chi connectivity index (χ1) is 12.5. The lowest BCUT2D eigenvalue weighted by Crippen LogP contribution is -2.49. The molecule has 1 aliphatic rings. The normalized spacial score (nSPS) is 19.6. The molecular formula is C20H44N6. The lowest BCUT2D eigenvalue weighted by Gasteiger charge is -2.36. The number of hydrogen-bond acceptors (Lipinski definition) is 4. The second kappa shape index (κ2) is 13.3. The average molecular weight is 369 g/mol. The van der Waals surface area contributed by atoms with Gasteiger partial charge in [0.05, 0.1) is 6.54 Å². The van der Waals surface area contributed by atoms with Crippen LogP contribution in [0.3, 0.4) is 0 Å². The molecule has 0 radical (unpaired) electrons. The summed E-state index contributed by atoms with van der Waals surface area (Å²) in [6.45, 7) is 21.0. The Kier molecular flexibility index (Phi) is 11.9. The van der Waals surface area contributed by atoms with E-state index in [-0.39, 0.29) is 0 Å². The Labute approximate surface area is 162 Å². The fourth-order valence-corrected chi connectivity index (χ4v) is 3.39. The summed E-state index contributed by atoms with van der Waals surface area (Å²) in [5, 5.41) is 6.99. The largest absolute Gasteiger partial charge is 0.357 e. The van der Waals surface area contributed by atoms with E-state index in [0.29, 0.717) is 12.1 Å². The molecule has 6 heteroatoms. The molecule has 0 aromatic rings. The van der Waals surface area contributed by atoms with Crippen LogP contribution in [0.25, 0.3) is 0 Å². The summed E-state index contributed by atoms with van der Waals surface area (Å²) in [4.78, 5) is 12.3. The third-order valence-electron chi connectivity index (χ3n) is 5.41. The number of nitrogens with zero attached hydrogens (tertiary/aromatic N) is 4. The lowest BCUT2D eigenvalue weighted by molar-refractivity contribution is 0.122. The van der Waals surface area contributed by atoms with E-state index in [4.69, 9.17) is 4.99 Å². The molecule has 0 saturated carbocycles. The van der Waals surface area contributed by atoms with E-state index in [9.17, 15) is 0 Å². The summed E-state index contributed by atoms with van der Waals surface area (Å²) in [5.74, 6) is 0.962. The van der Waals surface area contributed by atoms with Gasteiger partial charge in [0.15, 0.2) is 5.96 Å². The van der Waals surface area contributed by atoms with Gasteiger partial charge in [-0.05, 0) is 60.3 Å². The zero-order valence-corrected chi connectivity index (χ0v) is 18.2. The van der Waals surface area contributed by atoms with Crippen molar-refractivity contribution in [1.82, 2.24) is 25.3 Å². The first-order valence-corrected chi connectivity index (χ1v) is 10.7. The van der Waals surface area contributed by atoms with Crippen molar-refractivity contribution in [3.05, 3.63) is 0 Å². The number of aliphatic imine (C=N–C) groups is 1. The summed E-state index contributed by atoms with van der Waals surface area (Å²) >= 11 is 0. The van der Waals surface area contributed by atoms with Crippen molar-refractivity contribution < 1.29 is 0 Å². The summed E-state index contributed by atoms with van der Waals surface area (Å²) in [5.41, 5.74) is 0. The van der Waals surface area contributed by atoms with Gasteiger partial charge in [-0.15, -0.1) is 0 Å². The van der Waals surface area contributed by atoms with Gasteiger partial charge in [0.2, 0.25) is 0 Å². The van der Waals surface area contributed by atoms with Crippen LogP contribution in [0, 0.1) is 0 Å². The van der Waals surface area contributed by atoms with Gasteiger partial charge in [-0.25, -0.2) is 0 Å². The monoisotopic (exact) mass is 368 g/mol. The highest BCUT2D eigenvalue weighted by atomic mass is 15.3. The lowest BCUT2D eigenvalue weighted by atomic mass is 10.2. The van der Waals surface area contributed by atoms with E-state index in [2.05, 4.69) is 67.0 Å². The van der Waals surface area contributed by atoms with Gasteiger partial charge in [-0.3, -0.25) is 9.89 Å². The summed E-state index contributed by atoms with van der Waals surface area (Å²) < 4.78 is 0. The Bertz CT molecular complexity index is 374. The van der Waals surface area contributed by atoms with E-state index in [1.165, 1.54) is 19.4 Å². The van der Waals surface area contributed by atoms with Crippen molar-refractivity contribution in [2.75, 3.05) is 66.0 Å². The quantitative estimate of drug-likeness (QED) is 0.429. The van der Waals surface area contributed by atoms with Gasteiger partial charge in [0.25, 0.3) is 0 Å². The number of piperazine rings is 1. The molecule has 154 valence electrons. The second-order valence-electron chi connectivity index (χ2n) is 7.62. The molecule has 0 amide bonds. The molecule has 1 rings (SSSR count). The SMILES string of the molecule is CCNC(=NCC(C)N1CCN(C)CC1)NC(C)CCCN(CC)CC. The van der Waals surface area contributed by atoms with E-state index >= 15 is 0 Å². The van der Waals surface area contributed by atoms with E-state index < -0.39 is 0 Å². The third kappa shape index (κ3) is 9.19. The maximum atomic E-state index is 4.85. The number of hydrogen-bond donors (Lipinski definition) is 2. The van der Waals surface area contributed by atoms with E-state index in [0.717, 1.165) is 58.3 Å². The van der Waals surface area contributed by atoms with Gasteiger partial charge >= 0.3 is 0 Å². The molecule has 0 aliphatic carbocycles. The zero-order chi connectivity index (χ0) is 19.4. The first-order valence-electron chi connectivity index (χ1n) is 10.7. The van der Waals surface area contributed by atoms with Crippen LogP contribution < -0.4 is 10.6 Å². The molecule has 1 fully saturated rings. The molecule has 2 unspecified atom stereocenters. The van der Waals surface area contributed by atoms with Crippen LogP contribution in [0.2, 0.25) is 0 Å². The maximum Gasteiger partial charge on any atom is 0.191 e. The highest BCUT2D eigenvalue weighted by Crippen LogP contribution is 2.05. The average Bonchev–Trinajstić information content (AvgIpc) is 2.64. The highest BCUT2D eigenvalue weighted by molar-refractivity contribution is 5.80. The molecule has 6 nitrogen and oxygen atoms in total. The zero-order valence-electron chi connectivity index (χ0n) is 18.2. The third-order valence-corrected chi connectivity index (χ3v) is 5.41. The Balaban J connectivity index is 2.39. The summed E-state index contributed by atoms with van der Waals surface area (Å²) in [6.07, 6.45) is 2.40. The van der Waals surface area contributed by atoms with Gasteiger partial charge in [-0.1, -0.05) is 13.8 Å². The van der Waals surface area contributed by atoms with Crippen molar-refractivity contribution in [2.24, 2.45) is 4.99 Å². The van der Waals surface area contributed by atoms with Gasteiger partial charge in [0, 0.05) is 44.8 Å². The van der Waals surface area contributed by atoms with Crippen LogP contribution in [-0.4, -0.2) is 98.7 Å². The standard InChI is InChI=1S/C20H44N6/c1-7-21-20(23-18(4)11-10-12-25(8-2)9-3)22-17-19(5)26-15-13-24(6)14-16-26/h18-19H,7-17H2,1-6H3,(H2,21,22,23). The molecular weight excluding hydrogens is 324 g/mol. The maximum absolute atomic E-state index is 4.85. The summed E-state index contributed by atoms with van der Waals surface area (Å²) in [6, 6.07) is 0.944. The minimum absolute atomic E-state index is 0.447. The van der Waals surface area contributed by atoms with Crippen molar-refractivity contribution >= 4 is 5.96 Å². The Morgan fingerprint density at radius 2 is 1.73 bits per heavy atom. The molecule has 1 heterocycles. The highest BCUT2D eigenvalue weighted by Gasteiger charge is 2.18. The molecule has 0 bridgehead atoms. The van der Waals surface area contributed by atoms with Crippen LogP contribution in [0.4, 0.5) is 0 Å². The molecule has 1 saturated heterocycles. The molecule has 2 atom stereocenters. The second-order valence-corrected chi connectivity index (χ2v) is 7.62. The molecule has 26 heavy (non-hydrogen) atoms.